The number of thiazole rings is 1. The third kappa shape index (κ3) is 4.07. The number of carbonyl (C=O) groups is 2. The Kier molecular flexibility index (Phi) is 5.39. The molecule has 3 aromatic rings. The maximum atomic E-state index is 12.5. The number of anilines is 2. The number of hydrogen-bond acceptors (Lipinski definition) is 4. The number of rotatable bonds is 4. The van der Waals surface area contributed by atoms with Crippen molar-refractivity contribution in [1.29, 1.82) is 0 Å². The van der Waals surface area contributed by atoms with Crippen LogP contribution in [0.4, 0.5) is 10.8 Å². The molecule has 4 rings (SSSR count). The Morgan fingerprint density at radius 2 is 1.79 bits per heavy atom. The fourth-order valence-electron chi connectivity index (χ4n) is 3.69. The first-order valence-corrected chi connectivity index (χ1v) is 10.5. The number of hydrogen-bond donors (Lipinski definition) is 2. The van der Waals surface area contributed by atoms with Gasteiger partial charge in [0.05, 0.1) is 10.2 Å². The molecule has 2 aromatic carbocycles. The van der Waals surface area contributed by atoms with E-state index in [-0.39, 0.29) is 17.7 Å². The highest BCUT2D eigenvalue weighted by Crippen LogP contribution is 2.32. The number of aromatic nitrogens is 1. The van der Waals surface area contributed by atoms with Gasteiger partial charge in [-0.3, -0.25) is 14.9 Å². The number of amides is 2. The van der Waals surface area contributed by atoms with Gasteiger partial charge < -0.3 is 5.32 Å². The standard InChI is InChI=1S/C22H23N3O2S/c1-14-12-17(23-20(26)15-8-4-2-5-9-15)13-18-19(14)24-22(28-18)25-21(27)16-10-6-3-7-11-16/h3,6-7,10-13,15H,2,4-5,8-9H2,1H3,(H,23,26)(H,24,25,27). The second-order valence-corrected chi connectivity index (χ2v) is 8.33. The molecule has 0 atom stereocenters. The smallest absolute Gasteiger partial charge is 0.257 e. The number of nitrogens with zero attached hydrogens (tertiary/aromatic N) is 1. The first-order chi connectivity index (χ1) is 13.6. The molecule has 0 spiro atoms. The molecule has 144 valence electrons. The minimum Gasteiger partial charge on any atom is -0.326 e. The highest BCUT2D eigenvalue weighted by Gasteiger charge is 2.21. The fraction of sp³-hybridized carbons (Fsp3) is 0.318. The van der Waals surface area contributed by atoms with Gasteiger partial charge in [0.2, 0.25) is 5.91 Å². The average Bonchev–Trinajstić information content (AvgIpc) is 3.12. The summed E-state index contributed by atoms with van der Waals surface area (Å²) in [7, 11) is 0. The van der Waals surface area contributed by atoms with Crippen LogP contribution in [0.25, 0.3) is 10.2 Å². The maximum absolute atomic E-state index is 12.5. The van der Waals surface area contributed by atoms with E-state index >= 15 is 0 Å². The van der Waals surface area contributed by atoms with Crippen molar-refractivity contribution in [1.82, 2.24) is 4.98 Å². The third-order valence-corrected chi connectivity index (χ3v) is 6.10. The molecule has 1 aromatic heterocycles. The molecule has 0 saturated heterocycles. The van der Waals surface area contributed by atoms with Crippen molar-refractivity contribution >= 4 is 44.2 Å². The molecule has 5 nitrogen and oxygen atoms in total. The van der Waals surface area contributed by atoms with E-state index in [1.807, 2.05) is 37.3 Å². The summed E-state index contributed by atoms with van der Waals surface area (Å²) in [6, 6.07) is 13.0. The predicted molar refractivity (Wildman–Crippen MR) is 114 cm³/mol. The molecule has 1 saturated carbocycles. The highest BCUT2D eigenvalue weighted by atomic mass is 32.1. The molecule has 2 N–H and O–H groups in total. The van der Waals surface area contributed by atoms with Crippen molar-refractivity contribution in [3.05, 3.63) is 53.6 Å². The summed E-state index contributed by atoms with van der Waals surface area (Å²) < 4.78 is 0.947. The minimum absolute atomic E-state index is 0.112. The van der Waals surface area contributed by atoms with Gasteiger partial charge in [0.1, 0.15) is 0 Å². The Hall–Kier alpha value is -2.73. The van der Waals surface area contributed by atoms with Crippen molar-refractivity contribution in [2.75, 3.05) is 10.6 Å². The summed E-state index contributed by atoms with van der Waals surface area (Å²) in [5.41, 5.74) is 3.22. The lowest BCUT2D eigenvalue weighted by Crippen LogP contribution is -2.24. The monoisotopic (exact) mass is 393 g/mol. The van der Waals surface area contributed by atoms with Gasteiger partial charge in [-0.25, -0.2) is 4.98 Å². The first-order valence-electron chi connectivity index (χ1n) is 9.68. The lowest BCUT2D eigenvalue weighted by Gasteiger charge is -2.20. The van der Waals surface area contributed by atoms with Crippen LogP contribution >= 0.6 is 11.3 Å². The van der Waals surface area contributed by atoms with Crippen LogP contribution in [0.5, 0.6) is 0 Å². The zero-order chi connectivity index (χ0) is 19.5. The van der Waals surface area contributed by atoms with Crippen molar-refractivity contribution < 1.29 is 9.59 Å². The first kappa shape index (κ1) is 18.6. The molecule has 28 heavy (non-hydrogen) atoms. The van der Waals surface area contributed by atoms with Crippen molar-refractivity contribution in [2.24, 2.45) is 5.92 Å². The van der Waals surface area contributed by atoms with Gasteiger partial charge in [0.25, 0.3) is 5.91 Å². The second kappa shape index (κ2) is 8.10. The normalized spacial score (nSPS) is 14.8. The maximum Gasteiger partial charge on any atom is 0.257 e. The summed E-state index contributed by atoms with van der Waals surface area (Å²) >= 11 is 1.42. The lowest BCUT2D eigenvalue weighted by molar-refractivity contribution is -0.120. The van der Waals surface area contributed by atoms with Gasteiger partial charge >= 0.3 is 0 Å². The third-order valence-electron chi connectivity index (χ3n) is 5.19. The molecule has 0 aliphatic heterocycles. The molecule has 2 amide bonds. The fourth-order valence-corrected chi connectivity index (χ4v) is 4.67. The Bertz CT molecular complexity index is 1010. The Balaban J connectivity index is 1.52. The van der Waals surface area contributed by atoms with Gasteiger partial charge in [-0.2, -0.15) is 0 Å². The number of fused-ring (bicyclic) bond motifs is 1. The minimum atomic E-state index is -0.178. The van der Waals surface area contributed by atoms with E-state index in [9.17, 15) is 9.59 Å². The zero-order valence-electron chi connectivity index (χ0n) is 15.8. The average molecular weight is 394 g/mol. The van der Waals surface area contributed by atoms with Crippen LogP contribution in [0, 0.1) is 12.8 Å². The Morgan fingerprint density at radius 1 is 1.04 bits per heavy atom. The Morgan fingerprint density at radius 3 is 2.54 bits per heavy atom. The topological polar surface area (TPSA) is 71.1 Å². The highest BCUT2D eigenvalue weighted by molar-refractivity contribution is 7.22. The predicted octanol–water partition coefficient (Wildman–Crippen LogP) is 5.38. The molecule has 1 fully saturated rings. The summed E-state index contributed by atoms with van der Waals surface area (Å²) in [6.45, 7) is 1.97. The zero-order valence-corrected chi connectivity index (χ0v) is 16.6. The largest absolute Gasteiger partial charge is 0.326 e. The van der Waals surface area contributed by atoms with Crippen LogP contribution in [0.3, 0.4) is 0 Å². The van der Waals surface area contributed by atoms with Crippen LogP contribution in [0.1, 0.15) is 48.0 Å². The van der Waals surface area contributed by atoms with E-state index in [1.165, 1.54) is 17.8 Å². The second-order valence-electron chi connectivity index (χ2n) is 7.30. The van der Waals surface area contributed by atoms with E-state index in [1.54, 1.807) is 12.1 Å². The van der Waals surface area contributed by atoms with Crippen LogP contribution in [-0.4, -0.2) is 16.8 Å². The summed E-state index contributed by atoms with van der Waals surface area (Å²) in [6.07, 6.45) is 5.45. The van der Waals surface area contributed by atoms with Crippen molar-refractivity contribution in [3.63, 3.8) is 0 Å². The lowest BCUT2D eigenvalue weighted by atomic mass is 9.88. The number of benzene rings is 2. The van der Waals surface area contributed by atoms with Gasteiger partial charge in [-0.1, -0.05) is 48.8 Å². The number of aryl methyl sites for hydroxylation is 1. The SMILES string of the molecule is Cc1cc(NC(=O)C2CCCCC2)cc2sc(NC(=O)c3ccccc3)nc12. The summed E-state index contributed by atoms with van der Waals surface area (Å²) in [5.74, 6) is 0.0515. The molecular formula is C22H23N3O2S. The van der Waals surface area contributed by atoms with E-state index in [0.29, 0.717) is 10.7 Å². The van der Waals surface area contributed by atoms with Crippen LogP contribution in [-0.2, 0) is 4.79 Å². The molecule has 0 unspecified atom stereocenters. The summed E-state index contributed by atoms with van der Waals surface area (Å²) in [5, 5.41) is 6.50. The van der Waals surface area contributed by atoms with Crippen molar-refractivity contribution in [3.8, 4) is 0 Å². The molecule has 1 heterocycles. The molecular weight excluding hydrogens is 370 g/mol. The van der Waals surface area contributed by atoms with Gasteiger partial charge in [-0.05, 0) is 49.6 Å². The Labute approximate surface area is 168 Å². The molecule has 6 heteroatoms. The molecule has 1 aliphatic rings. The van der Waals surface area contributed by atoms with Crippen LogP contribution in [0.2, 0.25) is 0 Å². The van der Waals surface area contributed by atoms with E-state index in [0.717, 1.165) is 47.2 Å². The number of nitrogens with one attached hydrogen (secondary N) is 2. The summed E-state index contributed by atoms with van der Waals surface area (Å²) in [4.78, 5) is 29.5. The van der Waals surface area contributed by atoms with Crippen LogP contribution < -0.4 is 10.6 Å². The molecule has 1 aliphatic carbocycles. The van der Waals surface area contributed by atoms with Gasteiger partial charge in [-0.15, -0.1) is 0 Å². The van der Waals surface area contributed by atoms with Gasteiger partial charge in [0.15, 0.2) is 5.13 Å². The van der Waals surface area contributed by atoms with E-state index in [4.69, 9.17) is 0 Å². The quantitative estimate of drug-likeness (QED) is 0.625. The number of carbonyl (C=O) groups excluding carboxylic acids is 2. The van der Waals surface area contributed by atoms with E-state index in [2.05, 4.69) is 15.6 Å². The van der Waals surface area contributed by atoms with Crippen LogP contribution in [0.15, 0.2) is 42.5 Å². The molecule has 0 radical (unpaired) electrons. The van der Waals surface area contributed by atoms with Gasteiger partial charge in [0, 0.05) is 17.2 Å². The van der Waals surface area contributed by atoms with E-state index < -0.39 is 0 Å². The molecule has 0 bridgehead atoms. The van der Waals surface area contributed by atoms with Crippen molar-refractivity contribution in [2.45, 2.75) is 39.0 Å².